The molecular weight excluding hydrogens is 262 g/mol. The van der Waals surface area contributed by atoms with Crippen LogP contribution in [0.2, 0.25) is 5.02 Å². The quantitative estimate of drug-likeness (QED) is 0.862. The molecule has 1 amide bonds. The Bertz CT molecular complexity index is 554. The number of carbonyl (C=O) groups excluding carboxylic acids is 1. The fourth-order valence-electron chi connectivity index (χ4n) is 1.93. The van der Waals surface area contributed by atoms with Gasteiger partial charge in [-0.3, -0.25) is 4.79 Å². The Hall–Kier alpha value is -1.81. The topological polar surface area (TPSA) is 38.1 Å². The number of rotatable bonds is 4. The molecule has 0 fully saturated rings. The van der Waals surface area contributed by atoms with E-state index in [9.17, 15) is 4.79 Å². The second kappa shape index (κ2) is 5.89. The van der Waals surface area contributed by atoms with Crippen LogP contribution >= 0.6 is 11.6 Å². The fourth-order valence-corrected chi connectivity index (χ4v) is 2.14. The van der Waals surface area contributed by atoms with Gasteiger partial charge in [-0.2, -0.15) is 0 Å². The molecule has 0 aliphatic heterocycles. The number of likely N-dealkylation sites (N-methyl/N-ethyl adjacent to an activating group) is 1. The number of imidazole rings is 1. The van der Waals surface area contributed by atoms with E-state index in [2.05, 4.69) is 4.98 Å². The Kier molecular flexibility index (Phi) is 4.22. The first-order chi connectivity index (χ1) is 9.08. The van der Waals surface area contributed by atoms with E-state index in [-0.39, 0.29) is 11.9 Å². The van der Waals surface area contributed by atoms with Gasteiger partial charge in [0.15, 0.2) is 0 Å². The molecule has 2 rings (SSSR count). The van der Waals surface area contributed by atoms with Crippen molar-refractivity contribution in [2.45, 2.75) is 19.5 Å². The molecule has 1 aromatic carbocycles. The predicted molar refractivity (Wildman–Crippen MR) is 74.9 cm³/mol. The Labute approximate surface area is 117 Å². The maximum Gasteiger partial charge on any atom is 0.245 e. The van der Waals surface area contributed by atoms with Gasteiger partial charge in [0.1, 0.15) is 6.04 Å². The lowest BCUT2D eigenvalue weighted by Gasteiger charge is -2.22. The van der Waals surface area contributed by atoms with Gasteiger partial charge in [-0.15, -0.1) is 0 Å². The van der Waals surface area contributed by atoms with Gasteiger partial charge in [-0.05, 0) is 24.6 Å². The van der Waals surface area contributed by atoms with Crippen LogP contribution in [0.4, 0.5) is 0 Å². The van der Waals surface area contributed by atoms with Crippen LogP contribution in [0.5, 0.6) is 0 Å². The van der Waals surface area contributed by atoms with Crippen molar-refractivity contribution in [3.05, 3.63) is 53.6 Å². The van der Waals surface area contributed by atoms with Crippen molar-refractivity contribution in [2.24, 2.45) is 0 Å². The molecule has 1 heterocycles. The van der Waals surface area contributed by atoms with E-state index in [1.165, 1.54) is 0 Å². The SMILES string of the molecule is CC(C(=O)N(C)Cc1cccc(Cl)c1)n1ccnc1. The van der Waals surface area contributed by atoms with Gasteiger partial charge in [0, 0.05) is 31.0 Å². The van der Waals surface area contributed by atoms with Crippen LogP contribution in [0.1, 0.15) is 18.5 Å². The number of aromatic nitrogens is 2. The van der Waals surface area contributed by atoms with Crippen molar-refractivity contribution in [2.75, 3.05) is 7.05 Å². The third-order valence-electron chi connectivity index (χ3n) is 3.01. The van der Waals surface area contributed by atoms with Crippen LogP contribution in [0.25, 0.3) is 0 Å². The molecule has 1 unspecified atom stereocenters. The first kappa shape index (κ1) is 13.6. The van der Waals surface area contributed by atoms with Crippen molar-refractivity contribution in [3.63, 3.8) is 0 Å². The standard InChI is InChI=1S/C14H16ClN3O/c1-11(18-7-6-16-10-18)14(19)17(2)9-12-4-3-5-13(15)8-12/h3-8,10-11H,9H2,1-2H3. The van der Waals surface area contributed by atoms with Crippen molar-refractivity contribution in [1.82, 2.24) is 14.5 Å². The smallest absolute Gasteiger partial charge is 0.245 e. The minimum atomic E-state index is -0.258. The molecule has 0 saturated carbocycles. The molecule has 4 nitrogen and oxygen atoms in total. The first-order valence-corrected chi connectivity index (χ1v) is 6.42. The summed E-state index contributed by atoms with van der Waals surface area (Å²) < 4.78 is 1.79. The Morgan fingerprint density at radius 1 is 1.53 bits per heavy atom. The summed E-state index contributed by atoms with van der Waals surface area (Å²) >= 11 is 5.94. The maximum atomic E-state index is 12.3. The zero-order chi connectivity index (χ0) is 13.8. The highest BCUT2D eigenvalue weighted by Crippen LogP contribution is 2.14. The van der Waals surface area contributed by atoms with Gasteiger partial charge in [0.2, 0.25) is 5.91 Å². The number of hydrogen-bond acceptors (Lipinski definition) is 2. The lowest BCUT2D eigenvalue weighted by molar-refractivity contribution is -0.133. The van der Waals surface area contributed by atoms with Crippen molar-refractivity contribution >= 4 is 17.5 Å². The summed E-state index contributed by atoms with van der Waals surface area (Å²) in [6.45, 7) is 2.40. The second-order valence-electron chi connectivity index (χ2n) is 4.51. The lowest BCUT2D eigenvalue weighted by Crippen LogP contribution is -2.32. The van der Waals surface area contributed by atoms with Crippen LogP contribution in [-0.4, -0.2) is 27.4 Å². The molecule has 0 aliphatic carbocycles. The molecule has 0 radical (unpaired) electrons. The maximum absolute atomic E-state index is 12.3. The highest BCUT2D eigenvalue weighted by Gasteiger charge is 2.18. The zero-order valence-electron chi connectivity index (χ0n) is 11.0. The Morgan fingerprint density at radius 3 is 2.95 bits per heavy atom. The normalized spacial score (nSPS) is 12.2. The van der Waals surface area contributed by atoms with E-state index < -0.39 is 0 Å². The number of halogens is 1. The second-order valence-corrected chi connectivity index (χ2v) is 4.95. The summed E-state index contributed by atoms with van der Waals surface area (Å²) in [5.41, 5.74) is 1.01. The average molecular weight is 278 g/mol. The Morgan fingerprint density at radius 2 is 2.32 bits per heavy atom. The number of carbonyl (C=O) groups is 1. The van der Waals surface area contributed by atoms with Crippen LogP contribution in [0.15, 0.2) is 43.0 Å². The van der Waals surface area contributed by atoms with E-state index in [1.807, 2.05) is 31.2 Å². The third-order valence-corrected chi connectivity index (χ3v) is 3.25. The zero-order valence-corrected chi connectivity index (χ0v) is 11.7. The van der Waals surface area contributed by atoms with Gasteiger partial charge < -0.3 is 9.47 Å². The minimum absolute atomic E-state index is 0.0398. The molecule has 2 aromatic rings. The van der Waals surface area contributed by atoms with E-state index >= 15 is 0 Å². The third kappa shape index (κ3) is 3.35. The molecule has 100 valence electrons. The average Bonchev–Trinajstić information content (AvgIpc) is 2.90. The van der Waals surface area contributed by atoms with Gasteiger partial charge in [-0.1, -0.05) is 23.7 Å². The molecule has 0 aliphatic rings. The highest BCUT2D eigenvalue weighted by molar-refractivity contribution is 6.30. The molecular formula is C14H16ClN3O. The molecule has 0 bridgehead atoms. The van der Waals surface area contributed by atoms with E-state index in [0.717, 1.165) is 5.56 Å². The molecule has 1 aromatic heterocycles. The van der Waals surface area contributed by atoms with E-state index in [4.69, 9.17) is 11.6 Å². The van der Waals surface area contributed by atoms with Crippen molar-refractivity contribution < 1.29 is 4.79 Å². The van der Waals surface area contributed by atoms with Crippen LogP contribution in [0, 0.1) is 0 Å². The number of nitrogens with zero attached hydrogens (tertiary/aromatic N) is 3. The number of amides is 1. The van der Waals surface area contributed by atoms with Crippen LogP contribution in [-0.2, 0) is 11.3 Å². The summed E-state index contributed by atoms with van der Waals surface area (Å²) in [5, 5.41) is 0.681. The van der Waals surface area contributed by atoms with Crippen LogP contribution < -0.4 is 0 Å². The lowest BCUT2D eigenvalue weighted by atomic mass is 10.2. The van der Waals surface area contributed by atoms with Crippen molar-refractivity contribution in [3.8, 4) is 0 Å². The highest BCUT2D eigenvalue weighted by atomic mass is 35.5. The molecule has 0 N–H and O–H groups in total. The fraction of sp³-hybridized carbons (Fsp3) is 0.286. The summed E-state index contributed by atoms with van der Waals surface area (Å²) in [6.07, 6.45) is 5.10. The molecule has 5 heteroatoms. The van der Waals surface area contributed by atoms with Gasteiger partial charge >= 0.3 is 0 Å². The van der Waals surface area contributed by atoms with Gasteiger partial charge in [0.05, 0.1) is 6.33 Å². The van der Waals surface area contributed by atoms with Gasteiger partial charge in [0.25, 0.3) is 0 Å². The molecule has 1 atom stereocenters. The van der Waals surface area contributed by atoms with E-state index in [0.29, 0.717) is 11.6 Å². The van der Waals surface area contributed by atoms with Crippen molar-refractivity contribution in [1.29, 1.82) is 0 Å². The number of hydrogen-bond donors (Lipinski definition) is 0. The van der Waals surface area contributed by atoms with Gasteiger partial charge in [-0.25, -0.2) is 4.98 Å². The first-order valence-electron chi connectivity index (χ1n) is 6.05. The molecule has 0 saturated heterocycles. The summed E-state index contributed by atoms with van der Waals surface area (Å²) in [7, 11) is 1.79. The summed E-state index contributed by atoms with van der Waals surface area (Å²) in [6, 6.07) is 7.27. The Balaban J connectivity index is 2.03. The molecule has 19 heavy (non-hydrogen) atoms. The number of benzene rings is 1. The van der Waals surface area contributed by atoms with E-state index in [1.54, 1.807) is 35.2 Å². The monoisotopic (exact) mass is 277 g/mol. The van der Waals surface area contributed by atoms with Crippen LogP contribution in [0.3, 0.4) is 0 Å². The summed E-state index contributed by atoms with van der Waals surface area (Å²) in [5.74, 6) is 0.0398. The predicted octanol–water partition coefficient (Wildman–Crippen LogP) is 2.76. The molecule has 0 spiro atoms. The summed E-state index contributed by atoms with van der Waals surface area (Å²) in [4.78, 5) is 17.9. The largest absolute Gasteiger partial charge is 0.340 e. The minimum Gasteiger partial charge on any atom is -0.340 e.